The number of hydrogen-bond acceptors (Lipinski definition) is 6. The van der Waals surface area contributed by atoms with Crippen molar-refractivity contribution in [3.63, 3.8) is 0 Å². The van der Waals surface area contributed by atoms with Crippen LogP contribution in [0.25, 0.3) is 0 Å². The van der Waals surface area contributed by atoms with Crippen molar-refractivity contribution < 1.29 is 29.6 Å². The fourth-order valence-corrected chi connectivity index (χ4v) is 2.59. The summed E-state index contributed by atoms with van der Waals surface area (Å²) in [6.45, 7) is 6.38. The molecule has 3 N–H and O–H groups in total. The standard InChI is InChI=1S/C17H22O6/c1-8-6-11(18)9(2)12(7-8)23-14-10(3)13(19)15(20)17(4,22-5)16(14)21/h6-7,15-16,18,20-21H,1-5H3/t15-,16-,17-/m1/s1. The Labute approximate surface area is 135 Å². The summed E-state index contributed by atoms with van der Waals surface area (Å²) in [5.41, 5.74) is -0.126. The summed E-state index contributed by atoms with van der Waals surface area (Å²) < 4.78 is 10.9. The lowest BCUT2D eigenvalue weighted by Crippen LogP contribution is -2.59. The van der Waals surface area contributed by atoms with E-state index in [4.69, 9.17) is 9.47 Å². The molecule has 0 radical (unpaired) electrons. The summed E-state index contributed by atoms with van der Waals surface area (Å²) in [6, 6.07) is 3.29. The van der Waals surface area contributed by atoms with Crippen LogP contribution in [0.4, 0.5) is 0 Å². The van der Waals surface area contributed by atoms with Gasteiger partial charge in [-0.2, -0.15) is 0 Å². The molecule has 6 heteroatoms. The van der Waals surface area contributed by atoms with Gasteiger partial charge in [0.2, 0.25) is 0 Å². The van der Waals surface area contributed by atoms with Gasteiger partial charge in [-0.15, -0.1) is 0 Å². The van der Waals surface area contributed by atoms with E-state index >= 15 is 0 Å². The van der Waals surface area contributed by atoms with Crippen molar-refractivity contribution in [2.45, 2.75) is 45.5 Å². The van der Waals surface area contributed by atoms with Gasteiger partial charge in [-0.25, -0.2) is 0 Å². The van der Waals surface area contributed by atoms with Gasteiger partial charge in [0.05, 0.1) is 0 Å². The number of aliphatic hydroxyl groups is 2. The van der Waals surface area contributed by atoms with Gasteiger partial charge in [0.25, 0.3) is 0 Å². The van der Waals surface area contributed by atoms with E-state index in [1.807, 2.05) is 0 Å². The molecule has 0 fully saturated rings. The predicted molar refractivity (Wildman–Crippen MR) is 83.3 cm³/mol. The Bertz CT molecular complexity index is 678. The Balaban J connectivity index is 2.52. The topological polar surface area (TPSA) is 96.2 Å². The molecule has 0 aromatic heterocycles. The first-order valence-corrected chi connectivity index (χ1v) is 7.27. The number of phenolic OH excluding ortho intramolecular Hbond substituents is 1. The second-order valence-corrected chi connectivity index (χ2v) is 6.06. The van der Waals surface area contributed by atoms with E-state index in [1.165, 1.54) is 21.0 Å². The Morgan fingerprint density at radius 2 is 1.74 bits per heavy atom. The maximum atomic E-state index is 12.2. The highest BCUT2D eigenvalue weighted by molar-refractivity contribution is 6.01. The van der Waals surface area contributed by atoms with Gasteiger partial charge in [0, 0.05) is 18.2 Å². The number of hydrogen-bond donors (Lipinski definition) is 3. The third-order valence-corrected chi connectivity index (χ3v) is 4.46. The molecule has 2 rings (SSSR count). The van der Waals surface area contributed by atoms with Crippen LogP contribution in [0, 0.1) is 13.8 Å². The molecule has 1 aliphatic rings. The van der Waals surface area contributed by atoms with Crippen LogP contribution in [0.15, 0.2) is 23.5 Å². The summed E-state index contributed by atoms with van der Waals surface area (Å²) in [5.74, 6) is -0.162. The van der Waals surface area contributed by atoms with Crippen LogP contribution in [0.3, 0.4) is 0 Å². The molecule has 6 nitrogen and oxygen atoms in total. The van der Waals surface area contributed by atoms with Gasteiger partial charge < -0.3 is 24.8 Å². The van der Waals surface area contributed by atoms with Crippen molar-refractivity contribution in [1.29, 1.82) is 0 Å². The maximum Gasteiger partial charge on any atom is 0.193 e. The molecule has 0 amide bonds. The molecular weight excluding hydrogens is 300 g/mol. The number of carbonyl (C=O) groups excluding carboxylic acids is 1. The van der Waals surface area contributed by atoms with Crippen LogP contribution >= 0.6 is 0 Å². The summed E-state index contributed by atoms with van der Waals surface area (Å²) in [4.78, 5) is 12.2. The van der Waals surface area contributed by atoms with E-state index in [-0.39, 0.29) is 17.1 Å². The van der Waals surface area contributed by atoms with Gasteiger partial charge in [-0.3, -0.25) is 4.79 Å². The normalized spacial score (nSPS) is 28.2. The minimum Gasteiger partial charge on any atom is -0.508 e. The fraction of sp³-hybridized carbons (Fsp3) is 0.471. The number of ether oxygens (including phenoxy) is 2. The highest BCUT2D eigenvalue weighted by Crippen LogP contribution is 2.37. The van der Waals surface area contributed by atoms with E-state index in [0.29, 0.717) is 11.3 Å². The number of ketones is 1. The number of methoxy groups -OCH3 is 1. The van der Waals surface area contributed by atoms with Crippen molar-refractivity contribution in [1.82, 2.24) is 0 Å². The molecule has 1 aromatic rings. The minimum atomic E-state index is -1.51. The van der Waals surface area contributed by atoms with Crippen molar-refractivity contribution in [2.24, 2.45) is 0 Å². The first-order chi connectivity index (χ1) is 10.6. The van der Waals surface area contributed by atoms with Crippen molar-refractivity contribution in [2.75, 3.05) is 7.11 Å². The third kappa shape index (κ3) is 2.73. The van der Waals surface area contributed by atoms with Crippen molar-refractivity contribution in [3.8, 4) is 11.5 Å². The zero-order valence-electron chi connectivity index (χ0n) is 13.9. The molecule has 0 aliphatic heterocycles. The largest absolute Gasteiger partial charge is 0.508 e. The Morgan fingerprint density at radius 3 is 2.30 bits per heavy atom. The number of benzene rings is 1. The maximum absolute atomic E-state index is 12.2. The van der Waals surface area contributed by atoms with E-state index in [1.54, 1.807) is 26.0 Å². The first-order valence-electron chi connectivity index (χ1n) is 7.27. The third-order valence-electron chi connectivity index (χ3n) is 4.46. The Morgan fingerprint density at radius 1 is 1.13 bits per heavy atom. The fourth-order valence-electron chi connectivity index (χ4n) is 2.59. The van der Waals surface area contributed by atoms with Crippen LogP contribution in [0.2, 0.25) is 0 Å². The number of aromatic hydroxyl groups is 1. The van der Waals surface area contributed by atoms with E-state index in [9.17, 15) is 20.1 Å². The van der Waals surface area contributed by atoms with E-state index < -0.39 is 23.6 Å². The number of rotatable bonds is 3. The summed E-state index contributed by atoms with van der Waals surface area (Å²) in [5, 5.41) is 30.5. The number of aryl methyl sites for hydroxylation is 1. The molecule has 0 spiro atoms. The van der Waals surface area contributed by atoms with Gasteiger partial charge in [0.1, 0.15) is 35.1 Å². The molecule has 3 atom stereocenters. The number of phenols is 1. The molecule has 0 saturated heterocycles. The van der Waals surface area contributed by atoms with Crippen LogP contribution in [-0.4, -0.2) is 46.0 Å². The SMILES string of the molecule is CO[C@]1(C)[C@H](O)C(=O)C(C)=C(Oc2cc(C)cc(O)c2C)[C@H]1O. The zero-order valence-corrected chi connectivity index (χ0v) is 13.9. The monoisotopic (exact) mass is 322 g/mol. The smallest absolute Gasteiger partial charge is 0.193 e. The minimum absolute atomic E-state index is 0.0118. The van der Waals surface area contributed by atoms with Crippen LogP contribution in [-0.2, 0) is 9.53 Å². The molecule has 0 unspecified atom stereocenters. The second kappa shape index (κ2) is 5.96. The lowest BCUT2D eigenvalue weighted by molar-refractivity contribution is -0.170. The molecule has 126 valence electrons. The average molecular weight is 322 g/mol. The van der Waals surface area contributed by atoms with Gasteiger partial charge in [-0.05, 0) is 45.4 Å². The highest BCUT2D eigenvalue weighted by atomic mass is 16.5. The zero-order chi connectivity index (χ0) is 17.5. The Kier molecular flexibility index (Phi) is 4.52. The van der Waals surface area contributed by atoms with Crippen LogP contribution in [0.1, 0.15) is 25.0 Å². The van der Waals surface area contributed by atoms with Crippen LogP contribution < -0.4 is 4.74 Å². The second-order valence-electron chi connectivity index (χ2n) is 6.06. The number of aliphatic hydroxyl groups excluding tert-OH is 2. The number of carbonyl (C=O) groups is 1. The van der Waals surface area contributed by atoms with Gasteiger partial charge in [-0.1, -0.05) is 0 Å². The summed E-state index contributed by atoms with van der Waals surface area (Å²) in [6.07, 6.45) is -2.82. The summed E-state index contributed by atoms with van der Waals surface area (Å²) in [7, 11) is 1.31. The quantitative estimate of drug-likeness (QED) is 0.778. The lowest BCUT2D eigenvalue weighted by atomic mass is 9.80. The molecular formula is C17H22O6. The molecule has 0 heterocycles. The number of Topliss-reactive ketones (excluding diaryl/α,β-unsaturated/α-hetero) is 1. The molecule has 1 aromatic carbocycles. The van der Waals surface area contributed by atoms with Crippen molar-refractivity contribution >= 4 is 5.78 Å². The van der Waals surface area contributed by atoms with Gasteiger partial charge >= 0.3 is 0 Å². The molecule has 0 saturated carbocycles. The Hall–Kier alpha value is -1.89. The molecule has 1 aliphatic carbocycles. The molecule has 23 heavy (non-hydrogen) atoms. The first kappa shape index (κ1) is 17.5. The summed E-state index contributed by atoms with van der Waals surface area (Å²) >= 11 is 0. The van der Waals surface area contributed by atoms with Crippen molar-refractivity contribution in [3.05, 3.63) is 34.6 Å². The lowest BCUT2D eigenvalue weighted by Gasteiger charge is -2.41. The van der Waals surface area contributed by atoms with E-state index in [0.717, 1.165) is 5.56 Å². The van der Waals surface area contributed by atoms with E-state index in [2.05, 4.69) is 0 Å². The van der Waals surface area contributed by atoms with Gasteiger partial charge in [0.15, 0.2) is 5.78 Å². The average Bonchev–Trinajstić information content (AvgIpc) is 2.52. The molecule has 0 bridgehead atoms. The van der Waals surface area contributed by atoms with Crippen LogP contribution in [0.5, 0.6) is 11.5 Å². The predicted octanol–water partition coefficient (Wildman–Crippen LogP) is 1.37. The highest BCUT2D eigenvalue weighted by Gasteiger charge is 2.52.